The maximum absolute atomic E-state index is 12.6. The number of aromatic nitrogens is 5. The van der Waals surface area contributed by atoms with E-state index in [1.54, 1.807) is 11.8 Å². The molecule has 3 aromatic heterocycles. The molecular weight excluding hydrogens is 336 g/mol. The average molecular weight is 358 g/mol. The van der Waals surface area contributed by atoms with Gasteiger partial charge >= 0.3 is 0 Å². The van der Waals surface area contributed by atoms with Gasteiger partial charge < -0.3 is 5.32 Å². The number of thioether (sulfide) groups is 1. The maximum atomic E-state index is 12.6. The van der Waals surface area contributed by atoms with E-state index < -0.39 is 0 Å². The lowest BCUT2D eigenvalue weighted by atomic mass is 10.1. The zero-order valence-corrected chi connectivity index (χ0v) is 15.4. The number of carbonyl (C=O) groups excluding carboxylic acids is 1. The summed E-state index contributed by atoms with van der Waals surface area (Å²) >= 11 is 1.75. The van der Waals surface area contributed by atoms with E-state index in [1.165, 1.54) is 0 Å². The second-order valence-electron chi connectivity index (χ2n) is 5.98. The van der Waals surface area contributed by atoms with Crippen LogP contribution in [-0.4, -0.2) is 42.7 Å². The molecule has 0 aromatic carbocycles. The van der Waals surface area contributed by atoms with E-state index in [-0.39, 0.29) is 11.9 Å². The van der Waals surface area contributed by atoms with Gasteiger partial charge in [0.25, 0.3) is 0 Å². The molecule has 3 heterocycles. The highest BCUT2D eigenvalue weighted by molar-refractivity contribution is 7.98. The van der Waals surface area contributed by atoms with Gasteiger partial charge in [0.1, 0.15) is 0 Å². The number of fused-ring (bicyclic) bond motifs is 1. The minimum Gasteiger partial charge on any atom is -0.346 e. The van der Waals surface area contributed by atoms with Gasteiger partial charge in [-0.1, -0.05) is 6.07 Å². The molecule has 0 aliphatic rings. The van der Waals surface area contributed by atoms with Crippen LogP contribution in [0, 0.1) is 13.8 Å². The SMILES string of the molecule is CSCC[C@H](NC(=O)Cc1c(C)n[nH]c1C)c1nnc2ccccn12. The standard InChI is InChI=1S/C17H22N6OS/c1-11-13(12(2)20-19-11)10-16(24)18-14(7-9-25-3)17-22-21-15-6-4-5-8-23(15)17/h4-6,8,14H,7,9-10H2,1-3H3,(H,18,24)(H,19,20)/t14-/m0/s1. The normalized spacial score (nSPS) is 12.4. The van der Waals surface area contributed by atoms with Crippen molar-refractivity contribution >= 4 is 23.3 Å². The van der Waals surface area contributed by atoms with Crippen LogP contribution in [-0.2, 0) is 11.2 Å². The first-order valence-electron chi connectivity index (χ1n) is 8.18. The molecule has 25 heavy (non-hydrogen) atoms. The third-order valence-electron chi connectivity index (χ3n) is 4.22. The Kier molecular flexibility index (Phi) is 5.37. The van der Waals surface area contributed by atoms with Crippen LogP contribution in [0.25, 0.3) is 5.65 Å². The topological polar surface area (TPSA) is 88.0 Å². The number of hydrogen-bond acceptors (Lipinski definition) is 5. The Morgan fingerprint density at radius 1 is 1.36 bits per heavy atom. The summed E-state index contributed by atoms with van der Waals surface area (Å²) in [4.78, 5) is 12.6. The van der Waals surface area contributed by atoms with Gasteiger partial charge in [-0.25, -0.2) is 0 Å². The van der Waals surface area contributed by atoms with Crippen molar-refractivity contribution in [2.24, 2.45) is 0 Å². The zero-order chi connectivity index (χ0) is 17.8. The number of pyridine rings is 1. The Bertz CT molecular complexity index is 852. The second kappa shape index (κ2) is 7.69. The molecule has 0 fully saturated rings. The summed E-state index contributed by atoms with van der Waals surface area (Å²) in [6.45, 7) is 3.84. The number of nitrogens with one attached hydrogen (secondary N) is 2. The summed E-state index contributed by atoms with van der Waals surface area (Å²) in [5, 5.41) is 18.7. The number of hydrogen-bond donors (Lipinski definition) is 2. The minimum absolute atomic E-state index is 0.0358. The van der Waals surface area contributed by atoms with Crippen LogP contribution >= 0.6 is 11.8 Å². The Morgan fingerprint density at radius 3 is 2.92 bits per heavy atom. The molecule has 7 nitrogen and oxygen atoms in total. The van der Waals surface area contributed by atoms with Crippen LogP contribution in [0.15, 0.2) is 24.4 Å². The lowest BCUT2D eigenvalue weighted by Gasteiger charge is -2.17. The van der Waals surface area contributed by atoms with E-state index in [0.29, 0.717) is 6.42 Å². The van der Waals surface area contributed by atoms with Gasteiger partial charge in [0.15, 0.2) is 11.5 Å². The number of aromatic amines is 1. The zero-order valence-electron chi connectivity index (χ0n) is 14.6. The molecule has 1 atom stereocenters. The third-order valence-corrected chi connectivity index (χ3v) is 4.86. The highest BCUT2D eigenvalue weighted by Gasteiger charge is 2.21. The van der Waals surface area contributed by atoms with Gasteiger partial charge in [0.05, 0.1) is 18.2 Å². The highest BCUT2D eigenvalue weighted by atomic mass is 32.2. The van der Waals surface area contributed by atoms with Crippen molar-refractivity contribution in [3.8, 4) is 0 Å². The highest BCUT2D eigenvalue weighted by Crippen LogP contribution is 2.19. The summed E-state index contributed by atoms with van der Waals surface area (Å²) in [5.41, 5.74) is 3.53. The molecular formula is C17H22N6OS. The van der Waals surface area contributed by atoms with Gasteiger partial charge in [-0.15, -0.1) is 10.2 Å². The minimum atomic E-state index is -0.176. The van der Waals surface area contributed by atoms with Crippen molar-refractivity contribution < 1.29 is 4.79 Å². The largest absolute Gasteiger partial charge is 0.346 e. The molecule has 8 heteroatoms. The van der Waals surface area contributed by atoms with Gasteiger partial charge in [-0.3, -0.25) is 14.3 Å². The monoisotopic (exact) mass is 358 g/mol. The number of rotatable bonds is 7. The second-order valence-corrected chi connectivity index (χ2v) is 6.96. The quantitative estimate of drug-likeness (QED) is 0.676. The predicted octanol–water partition coefficient (Wildman–Crippen LogP) is 2.22. The van der Waals surface area contributed by atoms with E-state index in [1.807, 2.05) is 42.6 Å². The van der Waals surface area contributed by atoms with Gasteiger partial charge in [0, 0.05) is 17.5 Å². The molecule has 0 aliphatic carbocycles. The fourth-order valence-electron chi connectivity index (χ4n) is 2.84. The average Bonchev–Trinajstić information content (AvgIpc) is 3.17. The molecule has 0 aliphatic heterocycles. The van der Waals surface area contributed by atoms with E-state index in [0.717, 1.165) is 40.6 Å². The first kappa shape index (κ1) is 17.5. The molecule has 0 saturated carbocycles. The van der Waals surface area contributed by atoms with Gasteiger partial charge in [-0.05, 0) is 44.4 Å². The summed E-state index contributed by atoms with van der Waals surface area (Å²) in [5.74, 6) is 1.65. The number of amides is 1. The third kappa shape index (κ3) is 3.84. The fraction of sp³-hybridized carbons (Fsp3) is 0.412. The first-order chi connectivity index (χ1) is 12.1. The predicted molar refractivity (Wildman–Crippen MR) is 98.6 cm³/mol. The molecule has 0 spiro atoms. The van der Waals surface area contributed by atoms with Crippen molar-refractivity contribution in [3.63, 3.8) is 0 Å². The Balaban J connectivity index is 1.80. The Hall–Kier alpha value is -2.35. The van der Waals surface area contributed by atoms with Crippen molar-refractivity contribution in [2.75, 3.05) is 12.0 Å². The van der Waals surface area contributed by atoms with E-state index in [2.05, 4.69) is 32.0 Å². The summed E-state index contributed by atoms with van der Waals surface area (Å²) in [6.07, 6.45) is 5.08. The Morgan fingerprint density at radius 2 is 2.20 bits per heavy atom. The molecule has 0 saturated heterocycles. The fourth-order valence-corrected chi connectivity index (χ4v) is 3.31. The first-order valence-corrected chi connectivity index (χ1v) is 9.58. The van der Waals surface area contributed by atoms with E-state index in [4.69, 9.17) is 0 Å². The Labute approximate surface area is 150 Å². The number of H-pyrrole nitrogens is 1. The number of aryl methyl sites for hydroxylation is 2. The lowest BCUT2D eigenvalue weighted by Crippen LogP contribution is -2.31. The van der Waals surface area contributed by atoms with Gasteiger partial charge in [0.2, 0.25) is 5.91 Å². The number of nitrogens with zero attached hydrogens (tertiary/aromatic N) is 4. The molecule has 0 unspecified atom stereocenters. The molecule has 3 rings (SSSR count). The number of carbonyl (C=O) groups is 1. The molecule has 1 amide bonds. The summed E-state index contributed by atoms with van der Waals surface area (Å²) in [6, 6.07) is 5.59. The van der Waals surface area contributed by atoms with Crippen molar-refractivity contribution in [1.82, 2.24) is 30.1 Å². The summed E-state index contributed by atoms with van der Waals surface area (Å²) in [7, 11) is 0. The van der Waals surface area contributed by atoms with Crippen molar-refractivity contribution in [3.05, 3.63) is 47.2 Å². The molecule has 0 radical (unpaired) electrons. The molecule has 2 N–H and O–H groups in total. The van der Waals surface area contributed by atoms with Crippen LogP contribution in [0.5, 0.6) is 0 Å². The maximum Gasteiger partial charge on any atom is 0.225 e. The van der Waals surface area contributed by atoms with E-state index >= 15 is 0 Å². The van der Waals surface area contributed by atoms with Gasteiger partial charge in [-0.2, -0.15) is 16.9 Å². The smallest absolute Gasteiger partial charge is 0.225 e. The molecule has 132 valence electrons. The molecule has 0 bridgehead atoms. The van der Waals surface area contributed by atoms with Crippen molar-refractivity contribution in [1.29, 1.82) is 0 Å². The van der Waals surface area contributed by atoms with Crippen LogP contribution in [0.3, 0.4) is 0 Å². The van der Waals surface area contributed by atoms with E-state index in [9.17, 15) is 4.79 Å². The van der Waals surface area contributed by atoms with Crippen molar-refractivity contribution in [2.45, 2.75) is 32.7 Å². The van der Waals surface area contributed by atoms with Crippen LogP contribution < -0.4 is 5.32 Å². The summed E-state index contributed by atoms with van der Waals surface area (Å²) < 4.78 is 1.93. The lowest BCUT2D eigenvalue weighted by molar-refractivity contribution is -0.121. The van der Waals surface area contributed by atoms with Crippen LogP contribution in [0.1, 0.15) is 35.2 Å². The molecule has 3 aromatic rings. The van der Waals surface area contributed by atoms with Crippen LogP contribution in [0.2, 0.25) is 0 Å². The van der Waals surface area contributed by atoms with Crippen LogP contribution in [0.4, 0.5) is 0 Å².